The van der Waals surface area contributed by atoms with E-state index in [4.69, 9.17) is 15.0 Å². The lowest BCUT2D eigenvalue weighted by atomic mass is 9.86. The summed E-state index contributed by atoms with van der Waals surface area (Å²) in [5.74, 6) is 1.77. The Kier molecular flexibility index (Phi) is 9.67. The molecule has 0 bridgehead atoms. The van der Waals surface area contributed by atoms with Gasteiger partial charge >= 0.3 is 0 Å². The molecule has 3 aromatic heterocycles. The van der Waals surface area contributed by atoms with Crippen molar-refractivity contribution in [1.82, 2.24) is 24.1 Å². The Balaban J connectivity index is 1.16. The van der Waals surface area contributed by atoms with E-state index in [2.05, 4.69) is 222 Å². The standard InChI is InChI=1S/C61H53N5/c1-38-18-30-53-48(34-38)49-35-39(2)19-31-54(49)65(53)52-17-13-12-16-47(52)58-62-57(42-14-10-9-11-15-42)63-59(64-58)66-55-32-24-43(40-20-26-45(27-21-40)60(3,4)5)36-50(55)51-37-44(25-33-56(51)66)41-22-28-46(29-23-41)61(6,7)8/h9-37H,1-8H3. The average molecular weight is 856 g/mol. The van der Waals surface area contributed by atoms with Crippen molar-refractivity contribution in [2.75, 3.05) is 0 Å². The topological polar surface area (TPSA) is 48.5 Å². The lowest BCUT2D eigenvalue weighted by Gasteiger charge is -2.19. The minimum atomic E-state index is 0.0710. The molecule has 0 aliphatic heterocycles. The van der Waals surface area contributed by atoms with Crippen molar-refractivity contribution < 1.29 is 0 Å². The monoisotopic (exact) mass is 855 g/mol. The van der Waals surface area contributed by atoms with E-state index in [9.17, 15) is 0 Å². The van der Waals surface area contributed by atoms with Crippen LogP contribution < -0.4 is 0 Å². The number of fused-ring (bicyclic) bond motifs is 6. The molecule has 0 saturated carbocycles. The summed E-state index contributed by atoms with van der Waals surface area (Å²) in [6.07, 6.45) is 0. The minimum Gasteiger partial charge on any atom is -0.309 e. The summed E-state index contributed by atoms with van der Waals surface area (Å²) in [6, 6.07) is 63.9. The number of benzene rings is 8. The van der Waals surface area contributed by atoms with E-state index >= 15 is 0 Å². The fourth-order valence-electron chi connectivity index (χ4n) is 9.59. The quantitative estimate of drug-likeness (QED) is 0.167. The van der Waals surface area contributed by atoms with Gasteiger partial charge in [-0.3, -0.25) is 4.57 Å². The van der Waals surface area contributed by atoms with Crippen molar-refractivity contribution in [2.24, 2.45) is 0 Å². The van der Waals surface area contributed by atoms with Gasteiger partial charge in [-0.1, -0.05) is 168 Å². The highest BCUT2D eigenvalue weighted by atomic mass is 15.2. The summed E-state index contributed by atoms with van der Waals surface area (Å²) >= 11 is 0. The fraction of sp³-hybridized carbons (Fsp3) is 0.164. The summed E-state index contributed by atoms with van der Waals surface area (Å²) < 4.78 is 4.60. The second-order valence-electron chi connectivity index (χ2n) is 20.0. The van der Waals surface area contributed by atoms with Crippen molar-refractivity contribution >= 4 is 43.6 Å². The summed E-state index contributed by atoms with van der Waals surface area (Å²) in [5, 5.41) is 4.72. The van der Waals surface area contributed by atoms with Crippen molar-refractivity contribution in [1.29, 1.82) is 0 Å². The molecule has 0 N–H and O–H groups in total. The molecule has 11 rings (SSSR count). The van der Waals surface area contributed by atoms with Crippen LogP contribution >= 0.6 is 0 Å². The molecule has 0 aliphatic rings. The van der Waals surface area contributed by atoms with Crippen LogP contribution in [0.1, 0.15) is 63.8 Å². The first kappa shape index (κ1) is 41.1. The smallest absolute Gasteiger partial charge is 0.238 e. The van der Waals surface area contributed by atoms with E-state index in [0.717, 1.165) is 60.8 Å². The zero-order chi connectivity index (χ0) is 45.5. The molecule has 11 aromatic rings. The highest BCUT2D eigenvalue weighted by Crippen LogP contribution is 2.40. The third-order valence-electron chi connectivity index (χ3n) is 13.3. The number of aromatic nitrogens is 5. The number of para-hydroxylation sites is 1. The molecule has 5 nitrogen and oxygen atoms in total. The van der Waals surface area contributed by atoms with Gasteiger partial charge in [0, 0.05) is 32.7 Å². The predicted octanol–water partition coefficient (Wildman–Crippen LogP) is 15.9. The lowest BCUT2D eigenvalue weighted by molar-refractivity contribution is 0.590. The normalized spacial score (nSPS) is 12.2. The Morgan fingerprint density at radius 2 is 0.773 bits per heavy atom. The first-order valence-electron chi connectivity index (χ1n) is 23.0. The van der Waals surface area contributed by atoms with E-state index in [1.165, 1.54) is 44.2 Å². The molecule has 322 valence electrons. The van der Waals surface area contributed by atoms with E-state index in [-0.39, 0.29) is 10.8 Å². The Bertz CT molecular complexity index is 3480. The van der Waals surface area contributed by atoms with Gasteiger partial charge in [-0.25, -0.2) is 4.98 Å². The molecular formula is C61H53N5. The molecule has 8 aromatic carbocycles. The molecule has 0 aliphatic carbocycles. The van der Waals surface area contributed by atoms with Crippen LogP contribution in [0, 0.1) is 13.8 Å². The first-order chi connectivity index (χ1) is 31.8. The number of nitrogens with zero attached hydrogens (tertiary/aromatic N) is 5. The first-order valence-corrected chi connectivity index (χ1v) is 23.0. The van der Waals surface area contributed by atoms with Crippen LogP contribution in [-0.2, 0) is 10.8 Å². The summed E-state index contributed by atoms with van der Waals surface area (Å²) in [6.45, 7) is 17.9. The Morgan fingerprint density at radius 1 is 0.348 bits per heavy atom. The van der Waals surface area contributed by atoms with Gasteiger partial charge in [-0.05, 0) is 119 Å². The van der Waals surface area contributed by atoms with Crippen LogP contribution in [0.15, 0.2) is 176 Å². The molecule has 0 fully saturated rings. The van der Waals surface area contributed by atoms with Gasteiger partial charge in [0.2, 0.25) is 5.95 Å². The summed E-state index contributed by atoms with van der Waals surface area (Å²) in [4.78, 5) is 16.1. The van der Waals surface area contributed by atoms with Gasteiger partial charge < -0.3 is 4.57 Å². The third-order valence-corrected chi connectivity index (χ3v) is 13.3. The SMILES string of the molecule is Cc1ccc2c(c1)c1cc(C)ccc1n2-c1ccccc1-c1nc(-c2ccccc2)nc(-n2c3ccc(-c4ccc(C(C)(C)C)cc4)cc3c3cc(-c4ccc(C(C)(C)C)cc4)ccc32)n1. The van der Waals surface area contributed by atoms with Crippen LogP contribution in [-0.4, -0.2) is 24.1 Å². The maximum absolute atomic E-state index is 5.48. The molecule has 0 unspecified atom stereocenters. The number of rotatable bonds is 6. The molecule has 0 spiro atoms. The second-order valence-corrected chi connectivity index (χ2v) is 20.0. The minimum absolute atomic E-state index is 0.0710. The fourth-order valence-corrected chi connectivity index (χ4v) is 9.59. The molecule has 0 atom stereocenters. The molecule has 66 heavy (non-hydrogen) atoms. The highest BCUT2D eigenvalue weighted by molar-refractivity contribution is 6.12. The Labute approximate surface area is 387 Å². The van der Waals surface area contributed by atoms with Crippen LogP contribution in [0.25, 0.3) is 100 Å². The van der Waals surface area contributed by atoms with Crippen LogP contribution in [0.2, 0.25) is 0 Å². The van der Waals surface area contributed by atoms with Gasteiger partial charge in [-0.15, -0.1) is 0 Å². The van der Waals surface area contributed by atoms with Gasteiger partial charge in [-0.2, -0.15) is 9.97 Å². The summed E-state index contributed by atoms with van der Waals surface area (Å²) in [5.41, 5.74) is 17.1. The Morgan fingerprint density at radius 3 is 1.29 bits per heavy atom. The largest absolute Gasteiger partial charge is 0.309 e. The second kappa shape index (κ2) is 15.5. The Hall–Kier alpha value is -7.63. The van der Waals surface area contributed by atoms with Gasteiger partial charge in [0.15, 0.2) is 11.6 Å². The number of hydrogen-bond acceptors (Lipinski definition) is 3. The maximum atomic E-state index is 5.48. The molecule has 3 heterocycles. The molecule has 0 radical (unpaired) electrons. The third kappa shape index (κ3) is 7.16. The molecule has 5 heteroatoms. The molecular weight excluding hydrogens is 803 g/mol. The zero-order valence-corrected chi connectivity index (χ0v) is 39.0. The van der Waals surface area contributed by atoms with Crippen molar-refractivity contribution in [3.8, 4) is 56.7 Å². The van der Waals surface area contributed by atoms with E-state index < -0.39 is 0 Å². The lowest BCUT2D eigenvalue weighted by Crippen LogP contribution is -2.10. The van der Waals surface area contributed by atoms with E-state index in [1.807, 2.05) is 18.2 Å². The molecule has 0 saturated heterocycles. The molecule has 0 amide bonds. The van der Waals surface area contributed by atoms with Crippen molar-refractivity contribution in [3.63, 3.8) is 0 Å². The van der Waals surface area contributed by atoms with E-state index in [1.54, 1.807) is 0 Å². The van der Waals surface area contributed by atoms with Gasteiger partial charge in [0.05, 0.1) is 27.8 Å². The van der Waals surface area contributed by atoms with Crippen molar-refractivity contribution in [3.05, 3.63) is 198 Å². The predicted molar refractivity (Wildman–Crippen MR) is 277 cm³/mol. The highest BCUT2D eigenvalue weighted by Gasteiger charge is 2.23. The average Bonchev–Trinajstić information content (AvgIpc) is 3.82. The van der Waals surface area contributed by atoms with Crippen LogP contribution in [0.4, 0.5) is 0 Å². The maximum Gasteiger partial charge on any atom is 0.238 e. The van der Waals surface area contributed by atoms with Crippen LogP contribution in [0.3, 0.4) is 0 Å². The van der Waals surface area contributed by atoms with Crippen molar-refractivity contribution in [2.45, 2.75) is 66.2 Å². The van der Waals surface area contributed by atoms with E-state index in [0.29, 0.717) is 17.6 Å². The summed E-state index contributed by atoms with van der Waals surface area (Å²) in [7, 11) is 0. The van der Waals surface area contributed by atoms with Gasteiger partial charge in [0.1, 0.15) is 0 Å². The van der Waals surface area contributed by atoms with Gasteiger partial charge in [0.25, 0.3) is 0 Å². The van der Waals surface area contributed by atoms with Crippen LogP contribution in [0.5, 0.6) is 0 Å². The number of aryl methyl sites for hydroxylation is 2. The zero-order valence-electron chi connectivity index (χ0n) is 39.0. The number of hydrogen-bond donors (Lipinski definition) is 0.